The zero-order valence-electron chi connectivity index (χ0n) is 17.2. The van der Waals surface area contributed by atoms with Crippen molar-refractivity contribution in [3.63, 3.8) is 0 Å². The molecule has 0 aromatic heterocycles. The summed E-state index contributed by atoms with van der Waals surface area (Å²) in [6.45, 7) is 4.56. The molecule has 0 fully saturated rings. The normalized spacial score (nSPS) is 14.1. The van der Waals surface area contributed by atoms with E-state index in [-0.39, 0.29) is 5.41 Å². The quantitative estimate of drug-likeness (QED) is 0.391. The molecule has 27 heavy (non-hydrogen) atoms. The largest absolute Gasteiger partial charge is 0.113 e. The van der Waals surface area contributed by atoms with E-state index in [1.807, 2.05) is 12.1 Å². The molecule has 0 saturated heterocycles. The molecule has 1 aliphatic carbocycles. The monoisotopic (exact) mass is 354 g/mol. The Hall–Kier alpha value is -1.43. The number of rotatable bonds is 10. The minimum atomic E-state index is 0.0803. The van der Waals surface area contributed by atoms with Crippen molar-refractivity contribution in [3.8, 4) is 11.1 Å². The molecule has 0 aliphatic heterocycles. The number of benzene rings is 2. The van der Waals surface area contributed by atoms with Gasteiger partial charge in [-0.15, -0.1) is 0 Å². The molecular formula is C25H32B2. The van der Waals surface area contributed by atoms with Crippen molar-refractivity contribution in [2.45, 2.75) is 83.5 Å². The third-order valence-corrected chi connectivity index (χ3v) is 6.32. The van der Waals surface area contributed by atoms with Crippen LogP contribution in [0.4, 0.5) is 0 Å². The van der Waals surface area contributed by atoms with Gasteiger partial charge in [0.05, 0.1) is 0 Å². The van der Waals surface area contributed by atoms with Crippen molar-refractivity contribution in [3.05, 3.63) is 47.5 Å². The van der Waals surface area contributed by atoms with E-state index in [1.165, 1.54) is 86.5 Å². The first kappa shape index (κ1) is 20.3. The number of hydrogen-bond donors (Lipinski definition) is 0. The Morgan fingerprint density at radius 2 is 1.07 bits per heavy atom. The number of fused-ring (bicyclic) bond motifs is 3. The molecule has 0 atom stereocenters. The fourth-order valence-corrected chi connectivity index (χ4v) is 4.90. The SMILES string of the molecule is [B]c1ccc2c(c1)C(CCCCCC)(CCCCCC)c1cc([B])ccc1-2. The molecule has 0 unspecified atom stereocenters. The number of hydrogen-bond acceptors (Lipinski definition) is 0. The standard InChI is InChI=1S/C25H32B2/c1-3-5-7-9-15-25(16-10-8-6-4-2)23-17-19(26)11-13-21(23)22-14-12-20(27)18-24(22)25/h11-14,17-18H,3-10,15-16H2,1-2H3. The summed E-state index contributed by atoms with van der Waals surface area (Å²) in [6.07, 6.45) is 12.7. The van der Waals surface area contributed by atoms with Gasteiger partial charge in [0, 0.05) is 5.41 Å². The molecule has 0 nitrogen and oxygen atoms in total. The fourth-order valence-electron chi connectivity index (χ4n) is 4.90. The summed E-state index contributed by atoms with van der Waals surface area (Å²) in [5, 5.41) is 0. The molecule has 0 heterocycles. The van der Waals surface area contributed by atoms with Crippen LogP contribution in [0.2, 0.25) is 0 Å². The Labute approximate surface area is 169 Å². The van der Waals surface area contributed by atoms with Gasteiger partial charge in [-0.3, -0.25) is 0 Å². The van der Waals surface area contributed by atoms with E-state index in [9.17, 15) is 0 Å². The molecule has 0 saturated carbocycles. The highest BCUT2D eigenvalue weighted by Crippen LogP contribution is 2.53. The molecule has 0 N–H and O–H groups in total. The van der Waals surface area contributed by atoms with Gasteiger partial charge in [0.25, 0.3) is 0 Å². The van der Waals surface area contributed by atoms with Crippen molar-refractivity contribution in [2.75, 3.05) is 0 Å². The van der Waals surface area contributed by atoms with Gasteiger partial charge in [0.15, 0.2) is 0 Å². The second kappa shape index (κ2) is 9.18. The van der Waals surface area contributed by atoms with E-state index >= 15 is 0 Å². The molecule has 2 heteroatoms. The average Bonchev–Trinajstić information content (AvgIpc) is 2.92. The summed E-state index contributed by atoms with van der Waals surface area (Å²) in [4.78, 5) is 0. The van der Waals surface area contributed by atoms with Crippen LogP contribution >= 0.6 is 0 Å². The summed E-state index contributed by atoms with van der Waals surface area (Å²) in [5.41, 5.74) is 7.45. The third-order valence-electron chi connectivity index (χ3n) is 6.32. The molecule has 0 bridgehead atoms. The second-order valence-corrected chi connectivity index (χ2v) is 8.31. The Balaban J connectivity index is 2.03. The van der Waals surface area contributed by atoms with E-state index in [0.717, 1.165) is 10.9 Å². The summed E-state index contributed by atoms with van der Waals surface area (Å²) in [7, 11) is 12.5. The molecule has 0 spiro atoms. The molecule has 1 aliphatic rings. The maximum Gasteiger partial charge on any atom is 0.113 e. The lowest BCUT2D eigenvalue weighted by atomic mass is 9.69. The van der Waals surface area contributed by atoms with Crippen LogP contribution in [0.25, 0.3) is 11.1 Å². The van der Waals surface area contributed by atoms with E-state index in [4.69, 9.17) is 15.7 Å². The Morgan fingerprint density at radius 3 is 1.48 bits per heavy atom. The highest BCUT2D eigenvalue weighted by Gasteiger charge is 2.42. The Kier molecular flexibility index (Phi) is 6.90. The van der Waals surface area contributed by atoms with E-state index in [2.05, 4.69) is 38.1 Å². The van der Waals surface area contributed by atoms with Crippen LogP contribution in [0.1, 0.15) is 89.2 Å². The molecule has 4 radical (unpaired) electrons. The lowest BCUT2D eigenvalue weighted by molar-refractivity contribution is 0.401. The third kappa shape index (κ3) is 4.20. The van der Waals surface area contributed by atoms with Gasteiger partial charge in [-0.05, 0) is 35.1 Å². The van der Waals surface area contributed by atoms with Gasteiger partial charge in [0.2, 0.25) is 0 Å². The van der Waals surface area contributed by atoms with Crippen LogP contribution in [0.15, 0.2) is 36.4 Å². The fraction of sp³-hybridized carbons (Fsp3) is 0.520. The number of unbranched alkanes of at least 4 members (excludes halogenated alkanes) is 6. The molecule has 2 aromatic rings. The van der Waals surface area contributed by atoms with E-state index in [0.29, 0.717) is 0 Å². The molecule has 2 aromatic carbocycles. The van der Waals surface area contributed by atoms with Gasteiger partial charge >= 0.3 is 0 Å². The van der Waals surface area contributed by atoms with Gasteiger partial charge in [-0.1, -0.05) is 113 Å². The first-order chi connectivity index (χ1) is 13.1. The predicted octanol–water partition coefficient (Wildman–Crippen LogP) is 5.48. The molecule has 138 valence electrons. The molecular weight excluding hydrogens is 322 g/mol. The van der Waals surface area contributed by atoms with Gasteiger partial charge in [-0.25, -0.2) is 0 Å². The Bertz CT molecular complexity index is 697. The first-order valence-electron chi connectivity index (χ1n) is 10.9. The van der Waals surface area contributed by atoms with Crippen LogP contribution in [0, 0.1) is 0 Å². The van der Waals surface area contributed by atoms with E-state index in [1.54, 1.807) is 0 Å². The topological polar surface area (TPSA) is 0 Å². The smallest absolute Gasteiger partial charge is 0.0963 e. The summed E-state index contributed by atoms with van der Waals surface area (Å²) in [5.74, 6) is 0. The zero-order valence-corrected chi connectivity index (χ0v) is 17.2. The van der Waals surface area contributed by atoms with Crippen LogP contribution in [-0.2, 0) is 5.41 Å². The van der Waals surface area contributed by atoms with Crippen molar-refractivity contribution in [2.24, 2.45) is 0 Å². The van der Waals surface area contributed by atoms with Gasteiger partial charge in [0.1, 0.15) is 15.7 Å². The maximum absolute atomic E-state index is 6.24. The van der Waals surface area contributed by atoms with Gasteiger partial charge < -0.3 is 0 Å². The van der Waals surface area contributed by atoms with E-state index < -0.39 is 0 Å². The lowest BCUT2D eigenvalue weighted by Gasteiger charge is -2.33. The summed E-state index contributed by atoms with van der Waals surface area (Å²) >= 11 is 0. The summed E-state index contributed by atoms with van der Waals surface area (Å²) in [6, 6.07) is 13.0. The van der Waals surface area contributed by atoms with Crippen LogP contribution < -0.4 is 10.9 Å². The van der Waals surface area contributed by atoms with Crippen LogP contribution in [0.5, 0.6) is 0 Å². The van der Waals surface area contributed by atoms with Crippen LogP contribution in [0.3, 0.4) is 0 Å². The minimum Gasteiger partial charge on any atom is -0.0963 e. The minimum absolute atomic E-state index is 0.0803. The highest BCUT2D eigenvalue weighted by atomic mass is 14.4. The Morgan fingerprint density at radius 1 is 0.630 bits per heavy atom. The average molecular weight is 354 g/mol. The molecule has 3 rings (SSSR count). The second-order valence-electron chi connectivity index (χ2n) is 8.31. The van der Waals surface area contributed by atoms with Crippen molar-refractivity contribution < 1.29 is 0 Å². The lowest BCUT2D eigenvalue weighted by Crippen LogP contribution is -2.27. The van der Waals surface area contributed by atoms with Crippen LogP contribution in [-0.4, -0.2) is 15.7 Å². The van der Waals surface area contributed by atoms with Gasteiger partial charge in [-0.2, -0.15) is 0 Å². The maximum atomic E-state index is 6.24. The van der Waals surface area contributed by atoms with Crippen molar-refractivity contribution in [1.82, 2.24) is 0 Å². The zero-order chi connectivity index (χ0) is 19.3. The van der Waals surface area contributed by atoms with Crippen molar-refractivity contribution >= 4 is 26.6 Å². The predicted molar refractivity (Wildman–Crippen MR) is 121 cm³/mol. The first-order valence-corrected chi connectivity index (χ1v) is 10.9. The van der Waals surface area contributed by atoms with Crippen molar-refractivity contribution in [1.29, 1.82) is 0 Å². The highest BCUT2D eigenvalue weighted by molar-refractivity contribution is 6.33. The summed E-state index contributed by atoms with van der Waals surface area (Å²) < 4.78 is 0. The molecule has 0 amide bonds.